The van der Waals surface area contributed by atoms with Gasteiger partial charge < -0.3 is 10.1 Å². The molecule has 1 atom stereocenters. The van der Waals surface area contributed by atoms with E-state index >= 15 is 0 Å². The third-order valence-electron chi connectivity index (χ3n) is 3.62. The number of carbonyl (C=O) groups excluding carboxylic acids is 2. The molecule has 25 heavy (non-hydrogen) atoms. The van der Waals surface area contributed by atoms with E-state index in [1.54, 1.807) is 16.9 Å². The first-order valence-corrected chi connectivity index (χ1v) is 8.59. The predicted octanol–water partition coefficient (Wildman–Crippen LogP) is 3.05. The van der Waals surface area contributed by atoms with Crippen molar-refractivity contribution in [2.75, 3.05) is 6.61 Å². The van der Waals surface area contributed by atoms with Gasteiger partial charge in [-0.05, 0) is 25.0 Å². The largest absolute Gasteiger partial charge is 0.452 e. The van der Waals surface area contributed by atoms with E-state index in [2.05, 4.69) is 10.4 Å². The second-order valence-corrected chi connectivity index (χ2v) is 6.26. The molecule has 0 aliphatic rings. The zero-order chi connectivity index (χ0) is 18.2. The maximum atomic E-state index is 12.0. The molecule has 1 heterocycles. The van der Waals surface area contributed by atoms with Crippen LogP contribution in [-0.2, 0) is 16.1 Å². The van der Waals surface area contributed by atoms with Gasteiger partial charge in [0, 0.05) is 17.3 Å². The second kappa shape index (κ2) is 9.22. The minimum Gasteiger partial charge on any atom is -0.452 e. The first kappa shape index (κ1) is 19.0. The van der Waals surface area contributed by atoms with E-state index < -0.39 is 5.97 Å². The van der Waals surface area contributed by atoms with Crippen LogP contribution < -0.4 is 5.32 Å². The molecule has 1 N–H and O–H groups in total. The summed E-state index contributed by atoms with van der Waals surface area (Å²) in [4.78, 5) is 23.7. The Balaban J connectivity index is 1.86. The summed E-state index contributed by atoms with van der Waals surface area (Å²) in [5, 5.41) is 7.55. The van der Waals surface area contributed by atoms with Crippen LogP contribution >= 0.6 is 11.6 Å². The summed E-state index contributed by atoms with van der Waals surface area (Å²) >= 11 is 6.11. The molecule has 0 radical (unpaired) electrons. The van der Waals surface area contributed by atoms with Gasteiger partial charge >= 0.3 is 5.97 Å². The van der Waals surface area contributed by atoms with Gasteiger partial charge in [-0.2, -0.15) is 5.10 Å². The first-order valence-electron chi connectivity index (χ1n) is 8.22. The monoisotopic (exact) mass is 363 g/mol. The zero-order valence-electron chi connectivity index (χ0n) is 14.4. The van der Waals surface area contributed by atoms with Crippen molar-refractivity contribution < 1.29 is 14.3 Å². The van der Waals surface area contributed by atoms with Crippen LogP contribution in [0.25, 0.3) is 0 Å². The number of halogens is 1. The Kier molecular flexibility index (Phi) is 7.01. The summed E-state index contributed by atoms with van der Waals surface area (Å²) in [7, 11) is 0. The van der Waals surface area contributed by atoms with E-state index in [0.29, 0.717) is 17.1 Å². The van der Waals surface area contributed by atoms with Gasteiger partial charge in [-0.25, -0.2) is 4.79 Å². The molecule has 7 heteroatoms. The van der Waals surface area contributed by atoms with Crippen molar-refractivity contribution in [3.8, 4) is 0 Å². The van der Waals surface area contributed by atoms with Gasteiger partial charge in [-0.1, -0.05) is 43.1 Å². The lowest BCUT2D eigenvalue weighted by Crippen LogP contribution is -2.35. The first-order chi connectivity index (χ1) is 12.0. The fourth-order valence-electron chi connectivity index (χ4n) is 2.39. The molecule has 0 aliphatic heterocycles. The number of nitrogens with zero attached hydrogens (tertiary/aromatic N) is 2. The van der Waals surface area contributed by atoms with Crippen LogP contribution in [0.5, 0.6) is 0 Å². The van der Waals surface area contributed by atoms with Crippen molar-refractivity contribution >= 4 is 23.5 Å². The highest BCUT2D eigenvalue weighted by Gasteiger charge is 2.14. The number of nitrogens with one attached hydrogen (secondary N) is 1. The lowest BCUT2D eigenvalue weighted by molar-refractivity contribution is -0.124. The molecule has 1 aromatic carbocycles. The fraction of sp³-hybridized carbons (Fsp3) is 0.389. The fourth-order valence-corrected chi connectivity index (χ4v) is 2.59. The van der Waals surface area contributed by atoms with Gasteiger partial charge in [0.2, 0.25) is 0 Å². The molecule has 134 valence electrons. The van der Waals surface area contributed by atoms with Gasteiger partial charge in [0.25, 0.3) is 5.91 Å². The molecule has 0 bridgehead atoms. The van der Waals surface area contributed by atoms with Crippen LogP contribution in [0.15, 0.2) is 36.7 Å². The second-order valence-electron chi connectivity index (χ2n) is 5.85. The van der Waals surface area contributed by atoms with Crippen molar-refractivity contribution in [2.24, 2.45) is 0 Å². The van der Waals surface area contributed by atoms with Crippen molar-refractivity contribution in [1.29, 1.82) is 0 Å². The predicted molar refractivity (Wildman–Crippen MR) is 95.6 cm³/mol. The van der Waals surface area contributed by atoms with Crippen molar-refractivity contribution in [2.45, 2.75) is 39.3 Å². The summed E-state index contributed by atoms with van der Waals surface area (Å²) in [6, 6.07) is 7.49. The summed E-state index contributed by atoms with van der Waals surface area (Å²) in [5.74, 6) is -0.888. The van der Waals surface area contributed by atoms with Crippen molar-refractivity contribution in [1.82, 2.24) is 15.1 Å². The van der Waals surface area contributed by atoms with E-state index in [1.807, 2.05) is 32.0 Å². The average molecular weight is 364 g/mol. The molecule has 2 rings (SSSR count). The molecular formula is C18H22ClN3O3. The Morgan fingerprint density at radius 2 is 2.12 bits per heavy atom. The van der Waals surface area contributed by atoms with Gasteiger partial charge in [-0.3, -0.25) is 9.48 Å². The lowest BCUT2D eigenvalue weighted by atomic mass is 10.2. The van der Waals surface area contributed by atoms with Gasteiger partial charge in [0.15, 0.2) is 6.61 Å². The topological polar surface area (TPSA) is 73.2 Å². The molecule has 2 aromatic rings. The summed E-state index contributed by atoms with van der Waals surface area (Å²) in [6.45, 7) is 4.11. The molecule has 0 saturated heterocycles. The van der Waals surface area contributed by atoms with Gasteiger partial charge in [0.1, 0.15) is 0 Å². The van der Waals surface area contributed by atoms with E-state index in [9.17, 15) is 9.59 Å². The highest BCUT2D eigenvalue weighted by atomic mass is 35.5. The molecule has 6 nitrogen and oxygen atoms in total. The van der Waals surface area contributed by atoms with Crippen molar-refractivity contribution in [3.05, 3.63) is 52.8 Å². The van der Waals surface area contributed by atoms with Crippen LogP contribution in [0.3, 0.4) is 0 Å². The molecule has 1 amide bonds. The Labute approximate surface area is 152 Å². The normalized spacial score (nSPS) is 11.8. The smallest absolute Gasteiger partial charge is 0.341 e. The van der Waals surface area contributed by atoms with Crippen molar-refractivity contribution in [3.63, 3.8) is 0 Å². The van der Waals surface area contributed by atoms with E-state index in [4.69, 9.17) is 16.3 Å². The molecule has 0 spiro atoms. The number of aromatic nitrogens is 2. The van der Waals surface area contributed by atoms with E-state index in [-0.39, 0.29) is 18.6 Å². The Morgan fingerprint density at radius 1 is 1.36 bits per heavy atom. The molecule has 0 fully saturated rings. The number of benzene rings is 1. The Hall–Kier alpha value is -2.34. The quantitative estimate of drug-likeness (QED) is 0.731. The number of carbonyl (C=O) groups is 2. The highest BCUT2D eigenvalue weighted by Crippen LogP contribution is 2.16. The van der Waals surface area contributed by atoms with Crippen LogP contribution in [0.4, 0.5) is 0 Å². The minimum absolute atomic E-state index is 0.0644. The molecule has 0 aliphatic carbocycles. The summed E-state index contributed by atoms with van der Waals surface area (Å²) in [6.07, 6.45) is 4.85. The molecule has 0 saturated carbocycles. The number of hydrogen-bond acceptors (Lipinski definition) is 4. The van der Waals surface area contributed by atoms with E-state index in [1.165, 1.54) is 6.20 Å². The Bertz CT molecular complexity index is 730. The SMILES string of the molecule is CCCC(C)NC(=O)COC(=O)c1cnn(Cc2ccccc2Cl)c1. The third-order valence-corrected chi connectivity index (χ3v) is 3.99. The van der Waals surface area contributed by atoms with Crippen LogP contribution in [0.2, 0.25) is 5.02 Å². The number of rotatable bonds is 8. The minimum atomic E-state index is -0.580. The number of ether oxygens (including phenoxy) is 1. The van der Waals surface area contributed by atoms with Crippen LogP contribution in [0, 0.1) is 0 Å². The maximum absolute atomic E-state index is 12.0. The average Bonchev–Trinajstić information content (AvgIpc) is 3.03. The molecule has 1 aromatic heterocycles. The summed E-state index contributed by atoms with van der Waals surface area (Å²) < 4.78 is 6.62. The van der Waals surface area contributed by atoms with Crippen LogP contribution in [0.1, 0.15) is 42.6 Å². The molecular weight excluding hydrogens is 342 g/mol. The van der Waals surface area contributed by atoms with E-state index in [0.717, 1.165) is 18.4 Å². The number of hydrogen-bond donors (Lipinski definition) is 1. The maximum Gasteiger partial charge on any atom is 0.341 e. The molecule has 1 unspecified atom stereocenters. The standard InChI is InChI=1S/C18H22ClN3O3/c1-3-6-13(2)21-17(23)12-25-18(24)15-9-20-22(11-15)10-14-7-4-5-8-16(14)19/h4-5,7-9,11,13H,3,6,10,12H2,1-2H3,(H,21,23). The number of esters is 1. The highest BCUT2D eigenvalue weighted by molar-refractivity contribution is 6.31. The van der Waals surface area contributed by atoms with Gasteiger partial charge in [-0.15, -0.1) is 0 Å². The Morgan fingerprint density at radius 3 is 2.84 bits per heavy atom. The van der Waals surface area contributed by atoms with Gasteiger partial charge in [0.05, 0.1) is 18.3 Å². The third kappa shape index (κ3) is 5.90. The lowest BCUT2D eigenvalue weighted by Gasteiger charge is -2.12. The van der Waals surface area contributed by atoms with Crippen LogP contribution in [-0.4, -0.2) is 34.3 Å². The number of amides is 1. The zero-order valence-corrected chi connectivity index (χ0v) is 15.1. The summed E-state index contributed by atoms with van der Waals surface area (Å²) in [5.41, 5.74) is 1.19.